The first kappa shape index (κ1) is 12.7. The minimum absolute atomic E-state index is 0.409. The highest BCUT2D eigenvalue weighted by Gasteiger charge is 2.17. The Morgan fingerprint density at radius 2 is 2.06 bits per heavy atom. The molecule has 1 aromatic carbocycles. The molecule has 1 fully saturated rings. The second kappa shape index (κ2) is 5.27. The lowest BCUT2D eigenvalue weighted by atomic mass is 10.0. The topological polar surface area (TPSA) is 84.4 Å². The number of amides is 1. The summed E-state index contributed by atoms with van der Waals surface area (Å²) in [6.45, 7) is 2.15. The maximum atomic E-state index is 11.1. The molecule has 0 radical (unpaired) electrons. The van der Waals surface area contributed by atoms with Crippen molar-refractivity contribution in [1.29, 1.82) is 0 Å². The fraction of sp³-hybridized carbons (Fsp3) is 0.462. The summed E-state index contributed by atoms with van der Waals surface area (Å²) in [6, 6.07) is 5.51. The van der Waals surface area contributed by atoms with Crippen molar-refractivity contribution in [3.63, 3.8) is 0 Å². The van der Waals surface area contributed by atoms with Gasteiger partial charge in [-0.2, -0.15) is 0 Å². The van der Waals surface area contributed by atoms with E-state index in [4.69, 9.17) is 11.5 Å². The minimum atomic E-state index is -0.429. The van der Waals surface area contributed by atoms with Gasteiger partial charge >= 0.3 is 0 Å². The Morgan fingerprint density at radius 3 is 2.67 bits per heavy atom. The van der Waals surface area contributed by atoms with Gasteiger partial charge in [-0.3, -0.25) is 4.79 Å². The molecule has 18 heavy (non-hydrogen) atoms. The SMILES string of the molecule is CN1CCC(Nc2cc(C(N)=O)ccc2N)CC1. The number of carbonyl (C=O) groups excluding carboxylic acids is 1. The van der Waals surface area contributed by atoms with Crippen molar-refractivity contribution in [3.8, 4) is 0 Å². The normalized spacial score (nSPS) is 17.6. The van der Waals surface area contributed by atoms with Crippen molar-refractivity contribution in [2.45, 2.75) is 18.9 Å². The molecule has 1 aliphatic heterocycles. The number of hydrogen-bond donors (Lipinski definition) is 3. The lowest BCUT2D eigenvalue weighted by Crippen LogP contribution is -2.36. The van der Waals surface area contributed by atoms with Gasteiger partial charge in [0.1, 0.15) is 0 Å². The molecule has 0 bridgehead atoms. The van der Waals surface area contributed by atoms with Crippen LogP contribution in [0.3, 0.4) is 0 Å². The van der Waals surface area contributed by atoms with Crippen molar-refractivity contribution in [2.24, 2.45) is 5.73 Å². The van der Waals surface area contributed by atoms with Gasteiger partial charge in [0, 0.05) is 11.6 Å². The molecule has 1 aromatic rings. The van der Waals surface area contributed by atoms with E-state index in [2.05, 4.69) is 17.3 Å². The molecule has 0 unspecified atom stereocenters. The Kier molecular flexibility index (Phi) is 3.72. The third kappa shape index (κ3) is 2.92. The molecular formula is C13H20N4O. The highest BCUT2D eigenvalue weighted by molar-refractivity contribution is 5.94. The number of likely N-dealkylation sites (tertiary alicyclic amines) is 1. The predicted molar refractivity (Wildman–Crippen MR) is 73.5 cm³/mol. The monoisotopic (exact) mass is 248 g/mol. The second-order valence-electron chi connectivity index (χ2n) is 4.89. The van der Waals surface area contributed by atoms with Crippen LogP contribution in [0.2, 0.25) is 0 Å². The van der Waals surface area contributed by atoms with Crippen LogP contribution in [0, 0.1) is 0 Å². The molecule has 0 aromatic heterocycles. The molecule has 0 saturated carbocycles. The minimum Gasteiger partial charge on any atom is -0.397 e. The van der Waals surface area contributed by atoms with Gasteiger partial charge < -0.3 is 21.7 Å². The molecule has 1 saturated heterocycles. The van der Waals surface area contributed by atoms with Gasteiger partial charge in [0.2, 0.25) is 5.91 Å². The highest BCUT2D eigenvalue weighted by Crippen LogP contribution is 2.23. The molecular weight excluding hydrogens is 228 g/mol. The van der Waals surface area contributed by atoms with Gasteiger partial charge in [0.05, 0.1) is 11.4 Å². The molecule has 2 rings (SSSR count). The molecule has 1 aliphatic rings. The Hall–Kier alpha value is -1.75. The second-order valence-corrected chi connectivity index (χ2v) is 4.89. The number of rotatable bonds is 3. The van der Waals surface area contributed by atoms with E-state index in [0.29, 0.717) is 17.3 Å². The molecule has 1 heterocycles. The molecule has 5 nitrogen and oxygen atoms in total. The Morgan fingerprint density at radius 1 is 1.39 bits per heavy atom. The van der Waals surface area contributed by atoms with Crippen molar-refractivity contribution < 1.29 is 4.79 Å². The van der Waals surface area contributed by atoms with Crippen LogP contribution in [0.25, 0.3) is 0 Å². The van der Waals surface area contributed by atoms with Gasteiger partial charge in [0.25, 0.3) is 0 Å². The predicted octanol–water partition coefficient (Wildman–Crippen LogP) is 0.874. The highest BCUT2D eigenvalue weighted by atomic mass is 16.1. The zero-order valence-electron chi connectivity index (χ0n) is 10.6. The lowest BCUT2D eigenvalue weighted by Gasteiger charge is -2.30. The first-order chi connectivity index (χ1) is 8.56. The van der Waals surface area contributed by atoms with Crippen LogP contribution in [0.4, 0.5) is 11.4 Å². The van der Waals surface area contributed by atoms with E-state index in [1.54, 1.807) is 18.2 Å². The maximum absolute atomic E-state index is 11.1. The standard InChI is InChI=1S/C13H20N4O/c1-17-6-4-10(5-7-17)16-12-8-9(13(15)18)2-3-11(12)14/h2-3,8,10,16H,4-7,14H2,1H3,(H2,15,18). The van der Waals surface area contributed by atoms with E-state index in [-0.39, 0.29) is 0 Å². The summed E-state index contributed by atoms with van der Waals surface area (Å²) in [5.41, 5.74) is 13.1. The summed E-state index contributed by atoms with van der Waals surface area (Å²) in [4.78, 5) is 13.5. The average Bonchev–Trinajstić information content (AvgIpc) is 2.34. The zero-order chi connectivity index (χ0) is 13.1. The van der Waals surface area contributed by atoms with Crippen molar-refractivity contribution in [1.82, 2.24) is 4.90 Å². The van der Waals surface area contributed by atoms with E-state index in [1.165, 1.54) is 0 Å². The number of piperidine rings is 1. The number of nitrogens with zero attached hydrogens (tertiary/aromatic N) is 1. The van der Waals surface area contributed by atoms with Crippen LogP contribution in [0.5, 0.6) is 0 Å². The molecule has 5 N–H and O–H groups in total. The smallest absolute Gasteiger partial charge is 0.248 e. The van der Waals surface area contributed by atoms with Crippen molar-refractivity contribution in [3.05, 3.63) is 23.8 Å². The van der Waals surface area contributed by atoms with E-state index >= 15 is 0 Å². The molecule has 0 atom stereocenters. The summed E-state index contributed by atoms with van der Waals surface area (Å²) in [5.74, 6) is -0.429. The van der Waals surface area contributed by atoms with Crippen LogP contribution in [0.1, 0.15) is 23.2 Å². The van der Waals surface area contributed by atoms with Crippen molar-refractivity contribution in [2.75, 3.05) is 31.2 Å². The summed E-state index contributed by atoms with van der Waals surface area (Å²) in [5, 5.41) is 3.41. The van der Waals surface area contributed by atoms with Gasteiger partial charge in [-0.25, -0.2) is 0 Å². The van der Waals surface area contributed by atoms with E-state index in [9.17, 15) is 4.79 Å². The van der Waals surface area contributed by atoms with E-state index in [1.807, 2.05) is 0 Å². The van der Waals surface area contributed by atoms with Gasteiger partial charge in [-0.1, -0.05) is 0 Å². The van der Waals surface area contributed by atoms with Crippen molar-refractivity contribution >= 4 is 17.3 Å². The van der Waals surface area contributed by atoms with Crippen LogP contribution in [-0.2, 0) is 0 Å². The van der Waals surface area contributed by atoms with Crippen LogP contribution in [0.15, 0.2) is 18.2 Å². The number of nitrogens with one attached hydrogen (secondary N) is 1. The number of primary amides is 1. The summed E-state index contributed by atoms with van der Waals surface area (Å²) >= 11 is 0. The fourth-order valence-electron chi connectivity index (χ4n) is 2.21. The average molecular weight is 248 g/mol. The molecule has 1 amide bonds. The Balaban J connectivity index is 2.08. The number of nitrogens with two attached hydrogens (primary N) is 2. The Labute approximate surface area is 107 Å². The molecule has 0 aliphatic carbocycles. The zero-order valence-corrected chi connectivity index (χ0v) is 10.6. The van der Waals surface area contributed by atoms with Gasteiger partial charge in [0.15, 0.2) is 0 Å². The first-order valence-corrected chi connectivity index (χ1v) is 6.20. The third-order valence-electron chi connectivity index (χ3n) is 3.42. The molecule has 98 valence electrons. The van der Waals surface area contributed by atoms with Crippen LogP contribution >= 0.6 is 0 Å². The number of nitrogen functional groups attached to an aromatic ring is 1. The summed E-state index contributed by atoms with van der Waals surface area (Å²) < 4.78 is 0. The Bertz CT molecular complexity index is 439. The summed E-state index contributed by atoms with van der Waals surface area (Å²) in [7, 11) is 2.12. The number of hydrogen-bond acceptors (Lipinski definition) is 4. The van der Waals surface area contributed by atoms with Crippen LogP contribution in [-0.4, -0.2) is 37.0 Å². The van der Waals surface area contributed by atoms with E-state index < -0.39 is 5.91 Å². The maximum Gasteiger partial charge on any atom is 0.248 e. The molecule has 5 heteroatoms. The quantitative estimate of drug-likeness (QED) is 0.693. The lowest BCUT2D eigenvalue weighted by molar-refractivity contribution is 0.100. The van der Waals surface area contributed by atoms with Gasteiger partial charge in [-0.05, 0) is 51.2 Å². The van der Waals surface area contributed by atoms with E-state index in [0.717, 1.165) is 31.6 Å². The third-order valence-corrected chi connectivity index (χ3v) is 3.42. The number of carbonyl (C=O) groups is 1. The number of benzene rings is 1. The van der Waals surface area contributed by atoms with Crippen LogP contribution < -0.4 is 16.8 Å². The summed E-state index contributed by atoms with van der Waals surface area (Å²) in [6.07, 6.45) is 2.16. The first-order valence-electron chi connectivity index (χ1n) is 6.20. The number of anilines is 2. The molecule has 0 spiro atoms. The largest absolute Gasteiger partial charge is 0.397 e. The fourth-order valence-corrected chi connectivity index (χ4v) is 2.21. The van der Waals surface area contributed by atoms with Gasteiger partial charge in [-0.15, -0.1) is 0 Å².